The molecule has 9 nitrogen and oxygen atoms in total. The maximum atomic E-state index is 11.5. The summed E-state index contributed by atoms with van der Waals surface area (Å²) in [5.74, 6) is -3.70. The Morgan fingerprint density at radius 2 is 1.76 bits per heavy atom. The molecule has 0 heterocycles. The molecular formula is C10H18N3NaO6S. The summed E-state index contributed by atoms with van der Waals surface area (Å²) in [6, 6.07) is -2.15. The van der Waals surface area contributed by atoms with Gasteiger partial charge in [0.15, 0.2) is 0 Å². The number of carboxylic acids is 2. The average Bonchev–Trinajstić information content (AvgIpc) is 2.38. The third-order valence-corrected chi connectivity index (χ3v) is 2.61. The summed E-state index contributed by atoms with van der Waals surface area (Å²) in [7, 11) is 0. The number of hydrogen-bond donors (Lipinski definition) is 6. The summed E-state index contributed by atoms with van der Waals surface area (Å²) < 4.78 is 0. The first-order valence-corrected chi connectivity index (χ1v) is 6.29. The third-order valence-electron chi connectivity index (χ3n) is 2.25. The zero-order valence-corrected chi connectivity index (χ0v) is 11.4. The van der Waals surface area contributed by atoms with E-state index < -0.39 is 42.4 Å². The number of carbonyl (C=O) groups excluding carboxylic acids is 2. The Hall–Kier alpha value is -0.810. The molecule has 0 aromatic rings. The van der Waals surface area contributed by atoms with E-state index >= 15 is 0 Å². The van der Waals surface area contributed by atoms with Gasteiger partial charge in [0, 0.05) is 12.2 Å². The Morgan fingerprint density at radius 1 is 1.19 bits per heavy atom. The van der Waals surface area contributed by atoms with Crippen molar-refractivity contribution in [1.82, 2.24) is 10.6 Å². The number of amides is 2. The molecule has 0 aromatic heterocycles. The summed E-state index contributed by atoms with van der Waals surface area (Å²) in [6.45, 7) is -0.567. The number of nitrogens with one attached hydrogen (secondary N) is 2. The summed E-state index contributed by atoms with van der Waals surface area (Å²) in [4.78, 5) is 43.7. The molecule has 0 saturated carbocycles. The van der Waals surface area contributed by atoms with Crippen LogP contribution in [0, 0.1) is 0 Å². The first-order valence-electron chi connectivity index (χ1n) is 5.66. The van der Waals surface area contributed by atoms with Crippen LogP contribution in [0.15, 0.2) is 0 Å². The molecule has 21 heavy (non-hydrogen) atoms. The summed E-state index contributed by atoms with van der Waals surface area (Å²) in [6.07, 6.45) is -0.235. The van der Waals surface area contributed by atoms with E-state index in [-0.39, 0.29) is 48.2 Å². The minimum atomic E-state index is -1.22. The molecule has 0 radical (unpaired) electrons. The fraction of sp³-hybridized carbons (Fsp3) is 0.600. The predicted octanol–water partition coefficient (Wildman–Crippen LogP) is -2.85. The molecule has 0 aromatic carbocycles. The van der Waals surface area contributed by atoms with Crippen LogP contribution in [0.3, 0.4) is 0 Å². The quantitative estimate of drug-likeness (QED) is 0.196. The second-order valence-corrected chi connectivity index (χ2v) is 4.26. The third kappa shape index (κ3) is 10.5. The van der Waals surface area contributed by atoms with Crippen LogP contribution in [0.1, 0.15) is 12.8 Å². The van der Waals surface area contributed by atoms with E-state index in [1.165, 1.54) is 0 Å². The molecule has 2 amide bonds. The Labute approximate surface area is 148 Å². The number of rotatable bonds is 9. The van der Waals surface area contributed by atoms with Gasteiger partial charge >= 0.3 is 41.5 Å². The van der Waals surface area contributed by atoms with Crippen molar-refractivity contribution in [2.24, 2.45) is 5.73 Å². The van der Waals surface area contributed by atoms with Gasteiger partial charge in [0.2, 0.25) is 11.8 Å². The topological polar surface area (TPSA) is 159 Å². The molecule has 0 bridgehead atoms. The predicted molar refractivity (Wildman–Crippen MR) is 78.4 cm³/mol. The Morgan fingerprint density at radius 3 is 2.19 bits per heavy atom. The van der Waals surface area contributed by atoms with Crippen LogP contribution in [0.25, 0.3) is 0 Å². The Kier molecular flexibility index (Phi) is 12.6. The van der Waals surface area contributed by atoms with E-state index in [1.54, 1.807) is 0 Å². The monoisotopic (exact) mass is 331 g/mol. The summed E-state index contributed by atoms with van der Waals surface area (Å²) >= 11 is 3.87. The van der Waals surface area contributed by atoms with Gasteiger partial charge in [-0.1, -0.05) is 0 Å². The van der Waals surface area contributed by atoms with Crippen LogP contribution < -0.4 is 16.4 Å². The fourth-order valence-electron chi connectivity index (χ4n) is 1.16. The van der Waals surface area contributed by atoms with Gasteiger partial charge < -0.3 is 26.6 Å². The number of nitrogens with two attached hydrogens (primary N) is 1. The molecule has 2 atom stereocenters. The van der Waals surface area contributed by atoms with Gasteiger partial charge in [-0.3, -0.25) is 19.2 Å². The number of hydrogen-bond acceptors (Lipinski definition) is 6. The van der Waals surface area contributed by atoms with Gasteiger partial charge in [-0.05, 0) is 6.42 Å². The molecular weight excluding hydrogens is 313 g/mol. The maximum absolute atomic E-state index is 11.5. The molecule has 0 saturated heterocycles. The van der Waals surface area contributed by atoms with Crippen molar-refractivity contribution in [3.05, 3.63) is 0 Å². The Balaban J connectivity index is 0. The van der Waals surface area contributed by atoms with E-state index in [1.807, 2.05) is 0 Å². The van der Waals surface area contributed by atoms with E-state index in [0.29, 0.717) is 0 Å². The van der Waals surface area contributed by atoms with Crippen molar-refractivity contribution >= 4 is 65.9 Å². The van der Waals surface area contributed by atoms with Crippen LogP contribution in [-0.4, -0.2) is 87.9 Å². The SMILES string of the molecule is N[C@@H](CCC(=O)N[C@@H](CS)C(=O)NCC(=O)O)C(=O)O.[NaH]. The molecule has 11 heteroatoms. The number of aliphatic carboxylic acids is 2. The van der Waals surface area contributed by atoms with Gasteiger partial charge in [-0.2, -0.15) is 12.6 Å². The van der Waals surface area contributed by atoms with Crippen LogP contribution in [0.5, 0.6) is 0 Å². The minimum absolute atomic E-state index is 0. The van der Waals surface area contributed by atoms with Crippen LogP contribution >= 0.6 is 12.6 Å². The second-order valence-electron chi connectivity index (χ2n) is 3.90. The van der Waals surface area contributed by atoms with E-state index in [9.17, 15) is 19.2 Å². The van der Waals surface area contributed by atoms with Crippen molar-refractivity contribution in [2.45, 2.75) is 24.9 Å². The normalized spacial score (nSPS) is 12.5. The average molecular weight is 331 g/mol. The second kappa shape index (κ2) is 11.8. The summed E-state index contributed by atoms with van der Waals surface area (Å²) in [5, 5.41) is 21.4. The molecule has 0 rings (SSSR count). The molecule has 0 fully saturated rings. The van der Waals surface area contributed by atoms with E-state index in [4.69, 9.17) is 15.9 Å². The molecule has 0 aliphatic carbocycles. The number of thiol groups is 1. The van der Waals surface area contributed by atoms with Crippen molar-refractivity contribution in [1.29, 1.82) is 0 Å². The van der Waals surface area contributed by atoms with Gasteiger partial charge in [0.25, 0.3) is 0 Å². The zero-order chi connectivity index (χ0) is 15.7. The van der Waals surface area contributed by atoms with Crippen molar-refractivity contribution in [2.75, 3.05) is 12.3 Å². The standard InChI is InChI=1S/C10H17N3O6S.Na.H/c11-5(10(18)19)1-2-7(14)13-6(4-20)9(17)12-3-8(15)16;;/h5-6,20H,1-4,11H2,(H,12,17)(H,13,14)(H,15,16)(H,18,19);;/t5-,6-;;/m0../s1. The van der Waals surface area contributed by atoms with Crippen LogP contribution in [-0.2, 0) is 19.2 Å². The van der Waals surface area contributed by atoms with Crippen molar-refractivity contribution in [3.8, 4) is 0 Å². The molecule has 0 spiro atoms. The molecule has 0 unspecified atom stereocenters. The molecule has 0 aliphatic rings. The van der Waals surface area contributed by atoms with E-state index in [0.717, 1.165) is 0 Å². The number of carbonyl (C=O) groups is 4. The molecule has 0 aliphatic heterocycles. The van der Waals surface area contributed by atoms with Crippen molar-refractivity contribution in [3.63, 3.8) is 0 Å². The van der Waals surface area contributed by atoms with Gasteiger partial charge in [0.05, 0.1) is 0 Å². The molecule has 6 N–H and O–H groups in total. The van der Waals surface area contributed by atoms with Gasteiger partial charge in [0.1, 0.15) is 18.6 Å². The van der Waals surface area contributed by atoms with Gasteiger partial charge in [-0.25, -0.2) is 0 Å². The van der Waals surface area contributed by atoms with Crippen molar-refractivity contribution < 1.29 is 29.4 Å². The van der Waals surface area contributed by atoms with E-state index in [2.05, 4.69) is 23.3 Å². The first kappa shape index (κ1) is 22.5. The Bertz CT molecular complexity index is 395. The molecule has 116 valence electrons. The first-order chi connectivity index (χ1) is 9.27. The van der Waals surface area contributed by atoms with Crippen LogP contribution in [0.4, 0.5) is 0 Å². The number of carboxylic acid groups (broad SMARTS) is 2. The van der Waals surface area contributed by atoms with Gasteiger partial charge in [-0.15, -0.1) is 0 Å². The van der Waals surface area contributed by atoms with Crippen LogP contribution in [0.2, 0.25) is 0 Å². The zero-order valence-electron chi connectivity index (χ0n) is 10.5. The summed E-state index contributed by atoms with van der Waals surface area (Å²) in [5.41, 5.74) is 5.23. The fourth-order valence-corrected chi connectivity index (χ4v) is 1.41.